The van der Waals surface area contributed by atoms with Gasteiger partial charge in [-0.2, -0.15) is 65.8 Å². The molecule has 476 valence electrons. The molecule has 2 heterocycles. The number of hydrazine groups is 1. The highest BCUT2D eigenvalue weighted by atomic mass is 32.2. The minimum absolute atomic E-state index is 0.126. The summed E-state index contributed by atoms with van der Waals surface area (Å²) in [6.07, 6.45) is 0. The maximum atomic E-state index is 13.0. The molecule has 0 aliphatic heterocycles. The first-order chi connectivity index (χ1) is 42.9. The first-order valence-corrected chi connectivity index (χ1v) is 35.5. The van der Waals surface area contributed by atoms with E-state index in [1.54, 1.807) is 36.4 Å². The molecule has 0 amide bonds. The Morgan fingerprint density at radius 3 is 1.21 bits per heavy atom. The molecule has 0 atom stereocenters. The van der Waals surface area contributed by atoms with Crippen LogP contribution in [0.15, 0.2) is 181 Å². The van der Waals surface area contributed by atoms with Gasteiger partial charge < -0.3 is 28.4 Å². The number of nitrogens with one attached hydrogen (secondary N) is 2. The number of aryl methyl sites for hydroxylation is 2. The fourth-order valence-electron chi connectivity index (χ4n) is 9.04. The van der Waals surface area contributed by atoms with Crippen LogP contribution in [0.4, 0.5) is 68.2 Å². The summed E-state index contributed by atoms with van der Waals surface area (Å²) in [6, 6.07) is 25.3. The summed E-state index contributed by atoms with van der Waals surface area (Å²) in [4.78, 5) is 4.45. The molecule has 0 aliphatic carbocycles. The number of nitrogens with two attached hydrogens (primary N) is 4. The van der Waals surface area contributed by atoms with Gasteiger partial charge in [-0.05, 0) is 122 Å². The molecule has 0 aliphatic rings. The second kappa shape index (κ2) is 24.0. The Hall–Kier alpha value is -9.40. The zero-order valence-corrected chi connectivity index (χ0v) is 52.8. The fraction of sp³-hybridized carbons (Fsp3) is 0.0385. The lowest BCUT2D eigenvalue weighted by molar-refractivity contribution is 0.480. The summed E-state index contributed by atoms with van der Waals surface area (Å²) in [5.41, 5.74) is 27.0. The number of aromatic nitrogens is 2. The van der Waals surface area contributed by atoms with E-state index in [2.05, 4.69) is 51.5 Å². The molecule has 10 aromatic rings. The molecule has 0 saturated carbocycles. The Bertz CT molecular complexity index is 5600. The lowest BCUT2D eigenvalue weighted by Crippen LogP contribution is -2.14. The standard InChI is InChI=1S/C52H42N14O18S8/c1-23-3-17-33-47(49(23)91(79,80)81)85-51(57-33)25-5-9-27(10-6-25)59-65-45-41(53)35(21-39(43(45)55)89(73,74)75)63-61-29-13-15-31(37(19-29)87(67,68)69)32-16-14-30(20-38(32)88(70,71)72)62-64-36-22-40(90(76,77)78)44(56)46(42(36)54)66-60-28-11-7-26(8-12-28)52-58-34-18-4-24(2)50(48(34)86-52)92(82,83)84/h3-22,59,65H,53-56H2,1-2H3,(H,67,68,69)(H,70,71,72)(H,73,74,75)(H,76,77,78)(H,79,80,81)(H,82,83,84)/b63-61?,64-62?,66-60-. The Morgan fingerprint density at radius 2 is 0.783 bits per heavy atom. The third-order valence-corrected chi connectivity index (χ3v) is 21.5. The summed E-state index contributed by atoms with van der Waals surface area (Å²) >= 11 is 2.02. The van der Waals surface area contributed by atoms with E-state index in [1.165, 1.54) is 50.2 Å². The average molecular weight is 1410 g/mol. The topological polar surface area (TPSA) is 554 Å². The van der Waals surface area contributed by atoms with Gasteiger partial charge in [0.15, 0.2) is 0 Å². The van der Waals surface area contributed by atoms with Crippen LogP contribution in [0.5, 0.6) is 0 Å². The predicted octanol–water partition coefficient (Wildman–Crippen LogP) is 11.0. The highest BCUT2D eigenvalue weighted by molar-refractivity contribution is 7.87. The summed E-state index contributed by atoms with van der Waals surface area (Å²) in [7, 11) is -30.2. The Balaban J connectivity index is 0.915. The number of azo groups is 3. The van der Waals surface area contributed by atoms with Crippen LogP contribution in [-0.2, 0) is 60.7 Å². The van der Waals surface area contributed by atoms with Gasteiger partial charge in [0, 0.05) is 22.3 Å². The number of nitrogen functional groups attached to an aromatic ring is 4. The van der Waals surface area contributed by atoms with Crippen LogP contribution in [0, 0.1) is 13.8 Å². The van der Waals surface area contributed by atoms with Gasteiger partial charge in [0.1, 0.15) is 62.1 Å². The number of rotatable bonds is 18. The molecule has 40 heteroatoms. The summed E-state index contributed by atoms with van der Waals surface area (Å²) in [5.74, 6) is 0. The first-order valence-electron chi connectivity index (χ1n) is 25.2. The molecule has 0 radical (unpaired) electrons. The van der Waals surface area contributed by atoms with Crippen molar-refractivity contribution in [1.29, 1.82) is 0 Å². The maximum absolute atomic E-state index is 13.0. The molecule has 0 unspecified atom stereocenters. The lowest BCUT2D eigenvalue weighted by atomic mass is 10.0. The van der Waals surface area contributed by atoms with E-state index in [0.717, 1.165) is 53.0 Å². The monoisotopic (exact) mass is 1410 g/mol. The number of fused-ring (bicyclic) bond motifs is 2. The van der Waals surface area contributed by atoms with Crippen molar-refractivity contribution in [3.8, 4) is 32.3 Å². The summed E-state index contributed by atoms with van der Waals surface area (Å²) in [5, 5.41) is 24.5. The Morgan fingerprint density at radius 1 is 0.391 bits per heavy atom. The van der Waals surface area contributed by atoms with E-state index >= 15 is 0 Å². The van der Waals surface area contributed by atoms with E-state index in [-0.39, 0.29) is 30.6 Å². The van der Waals surface area contributed by atoms with Crippen molar-refractivity contribution in [3.63, 3.8) is 0 Å². The molecular weight excluding hydrogens is 1370 g/mol. The molecule has 2 aromatic heterocycles. The third kappa shape index (κ3) is 13.5. The zero-order chi connectivity index (χ0) is 66.9. The number of hydrogen-bond acceptors (Lipinski definition) is 28. The van der Waals surface area contributed by atoms with E-state index in [1.807, 2.05) is 0 Å². The van der Waals surface area contributed by atoms with Gasteiger partial charge in [-0.1, -0.05) is 24.3 Å². The molecular formula is C52H42N14O18S8. The number of nitrogens with zero attached hydrogens (tertiary/aromatic N) is 8. The van der Waals surface area contributed by atoms with Crippen LogP contribution >= 0.6 is 22.7 Å². The highest BCUT2D eigenvalue weighted by Crippen LogP contribution is 2.46. The SMILES string of the molecule is Cc1ccc2nc(-c3ccc(/N=N\c4c(N)c(N=Nc5ccc(-c6ccc(N=Nc7cc(S(=O)(=O)O)c(N)c(NNc8ccc(-c9nc%10ccc(C)c(S(=O)(=O)O)c%10s9)cc8)c7N)cc6S(=O)(=O)O)c(S(=O)(=O)O)c5)cc(S(=O)(=O)O)c4N)cc3)sc2c1S(=O)(=O)O. The highest BCUT2D eigenvalue weighted by Gasteiger charge is 2.28. The van der Waals surface area contributed by atoms with Crippen LogP contribution in [0.2, 0.25) is 0 Å². The minimum Gasteiger partial charge on any atom is -0.396 e. The lowest BCUT2D eigenvalue weighted by Gasteiger charge is -2.17. The van der Waals surface area contributed by atoms with Crippen molar-refractivity contribution in [2.75, 3.05) is 33.8 Å². The molecule has 92 heavy (non-hydrogen) atoms. The number of benzene rings is 8. The molecule has 10 rings (SSSR count). The Kier molecular flexibility index (Phi) is 17.1. The van der Waals surface area contributed by atoms with Gasteiger partial charge in [-0.3, -0.25) is 32.7 Å². The van der Waals surface area contributed by atoms with Crippen LogP contribution in [-0.4, -0.2) is 87.8 Å². The van der Waals surface area contributed by atoms with Gasteiger partial charge in [-0.15, -0.1) is 38.0 Å². The summed E-state index contributed by atoms with van der Waals surface area (Å²) < 4.78 is 212. The van der Waals surface area contributed by atoms with Gasteiger partial charge >= 0.3 is 0 Å². The van der Waals surface area contributed by atoms with E-state index in [9.17, 15) is 77.8 Å². The van der Waals surface area contributed by atoms with Crippen LogP contribution in [0.3, 0.4) is 0 Å². The van der Waals surface area contributed by atoms with Crippen LogP contribution in [0.1, 0.15) is 11.1 Å². The van der Waals surface area contributed by atoms with Crippen molar-refractivity contribution < 1.29 is 77.8 Å². The maximum Gasteiger partial charge on any atom is 0.296 e. The van der Waals surface area contributed by atoms with Crippen molar-refractivity contribution in [2.45, 2.75) is 43.2 Å². The molecule has 32 nitrogen and oxygen atoms in total. The fourth-order valence-corrected chi connectivity index (χ4v) is 16.4. The second-order valence-electron chi connectivity index (χ2n) is 19.5. The molecule has 0 bridgehead atoms. The van der Waals surface area contributed by atoms with Crippen LogP contribution < -0.4 is 33.8 Å². The van der Waals surface area contributed by atoms with Crippen molar-refractivity contribution >= 4 is 172 Å². The third-order valence-electron chi connectivity index (χ3n) is 13.3. The number of anilines is 6. The molecule has 0 saturated heterocycles. The van der Waals surface area contributed by atoms with Gasteiger partial charge in [-0.25, -0.2) is 9.97 Å². The number of thiazole rings is 2. The van der Waals surface area contributed by atoms with Crippen molar-refractivity contribution in [1.82, 2.24) is 9.97 Å². The molecule has 8 aromatic carbocycles. The molecule has 0 fully saturated rings. The van der Waals surface area contributed by atoms with Gasteiger partial charge in [0.05, 0.1) is 65.9 Å². The van der Waals surface area contributed by atoms with E-state index in [4.69, 9.17) is 22.9 Å². The quantitative estimate of drug-likeness (QED) is 0.0164. The zero-order valence-electron chi connectivity index (χ0n) is 46.3. The smallest absolute Gasteiger partial charge is 0.296 e. The minimum atomic E-state index is -5.36. The Labute approximate surface area is 528 Å². The second-order valence-corrected chi connectivity index (χ2v) is 29.8. The average Bonchev–Trinajstić information content (AvgIpc) is 1.27. The van der Waals surface area contributed by atoms with E-state index in [0.29, 0.717) is 67.2 Å². The predicted molar refractivity (Wildman–Crippen MR) is 341 cm³/mol. The van der Waals surface area contributed by atoms with Crippen molar-refractivity contribution in [3.05, 3.63) is 132 Å². The van der Waals surface area contributed by atoms with Crippen molar-refractivity contribution in [2.24, 2.45) is 30.7 Å². The van der Waals surface area contributed by atoms with Gasteiger partial charge in [0.2, 0.25) is 0 Å². The first kappa shape index (κ1) is 65.5. The van der Waals surface area contributed by atoms with E-state index < -0.39 is 143 Å². The normalized spacial score (nSPS) is 12.9. The number of hydrogen-bond donors (Lipinski definition) is 12. The van der Waals surface area contributed by atoms with Crippen LogP contribution in [0.25, 0.3) is 52.7 Å². The molecule has 16 N–H and O–H groups in total. The summed E-state index contributed by atoms with van der Waals surface area (Å²) in [6.45, 7) is 3.04. The largest absolute Gasteiger partial charge is 0.396 e. The molecule has 0 spiro atoms. The van der Waals surface area contributed by atoms with Gasteiger partial charge in [0.25, 0.3) is 60.7 Å².